The van der Waals surface area contributed by atoms with Crippen LogP contribution in [0.25, 0.3) is 0 Å². The molecule has 0 unspecified atom stereocenters. The number of rotatable bonds is 3. The van der Waals surface area contributed by atoms with Gasteiger partial charge in [-0.1, -0.05) is 23.7 Å². The number of nitrogens with zero attached hydrogens (tertiary/aromatic N) is 3. The highest BCUT2D eigenvalue weighted by atomic mass is 35.5. The fourth-order valence-corrected chi connectivity index (χ4v) is 2.93. The standard InChI is InChI=1S/C19H17ClF3N3O2/c1-25(2)15-9-5-13(6-10-15)17(27)26-18(28,19(21,22)23)11-16(24-26)12-3-7-14(20)8-4-12/h3-10,28H,11H2,1-2H3/t18-/m0/s1. The molecule has 0 radical (unpaired) electrons. The van der Waals surface area contributed by atoms with E-state index in [1.165, 1.54) is 36.4 Å². The molecule has 1 heterocycles. The third-order valence-corrected chi connectivity index (χ3v) is 4.69. The van der Waals surface area contributed by atoms with Crippen molar-refractivity contribution >= 4 is 28.9 Å². The van der Waals surface area contributed by atoms with Crippen LogP contribution < -0.4 is 4.90 Å². The van der Waals surface area contributed by atoms with Gasteiger partial charge in [-0.25, -0.2) is 0 Å². The molecule has 0 fully saturated rings. The summed E-state index contributed by atoms with van der Waals surface area (Å²) in [5.41, 5.74) is -2.40. The zero-order valence-electron chi connectivity index (χ0n) is 15.0. The molecule has 148 valence electrons. The molecule has 1 aliphatic rings. The van der Waals surface area contributed by atoms with Crippen LogP contribution in [0.15, 0.2) is 53.6 Å². The minimum absolute atomic E-state index is 0.0191. The Bertz CT molecular complexity index is 912. The van der Waals surface area contributed by atoms with E-state index < -0.39 is 24.2 Å². The zero-order chi connectivity index (χ0) is 20.7. The topological polar surface area (TPSA) is 56.1 Å². The summed E-state index contributed by atoms with van der Waals surface area (Å²) >= 11 is 5.80. The van der Waals surface area contributed by atoms with E-state index in [0.717, 1.165) is 5.69 Å². The average Bonchev–Trinajstić information content (AvgIpc) is 3.00. The summed E-state index contributed by atoms with van der Waals surface area (Å²) in [6.45, 7) is 0. The number of hydrogen-bond donors (Lipinski definition) is 1. The lowest BCUT2D eigenvalue weighted by atomic mass is 10.0. The van der Waals surface area contributed by atoms with Gasteiger partial charge in [0.2, 0.25) is 0 Å². The second kappa shape index (κ2) is 7.10. The first-order valence-electron chi connectivity index (χ1n) is 8.27. The van der Waals surface area contributed by atoms with Crippen molar-refractivity contribution in [2.45, 2.75) is 18.3 Å². The normalized spacial score (nSPS) is 19.5. The molecule has 0 spiro atoms. The zero-order valence-corrected chi connectivity index (χ0v) is 15.8. The van der Waals surface area contributed by atoms with Crippen molar-refractivity contribution in [3.63, 3.8) is 0 Å². The minimum Gasteiger partial charge on any atom is -0.378 e. The van der Waals surface area contributed by atoms with E-state index in [1.54, 1.807) is 31.1 Å². The number of hydrazone groups is 1. The number of carbonyl (C=O) groups is 1. The fraction of sp³-hybridized carbons (Fsp3) is 0.263. The number of amides is 1. The van der Waals surface area contributed by atoms with Crippen LogP contribution >= 0.6 is 11.6 Å². The summed E-state index contributed by atoms with van der Waals surface area (Å²) < 4.78 is 40.9. The first-order valence-corrected chi connectivity index (χ1v) is 8.65. The Labute approximate surface area is 164 Å². The molecule has 1 amide bonds. The quantitative estimate of drug-likeness (QED) is 0.833. The highest BCUT2D eigenvalue weighted by Gasteiger charge is 2.63. The van der Waals surface area contributed by atoms with Gasteiger partial charge in [0.25, 0.3) is 11.6 Å². The van der Waals surface area contributed by atoms with Gasteiger partial charge < -0.3 is 10.0 Å². The van der Waals surface area contributed by atoms with E-state index >= 15 is 0 Å². The monoisotopic (exact) mass is 411 g/mol. The van der Waals surface area contributed by atoms with Crippen molar-refractivity contribution in [1.82, 2.24) is 5.01 Å². The maximum atomic E-state index is 13.6. The predicted octanol–water partition coefficient (Wildman–Crippen LogP) is 3.91. The van der Waals surface area contributed by atoms with E-state index in [2.05, 4.69) is 5.10 Å². The molecule has 1 atom stereocenters. The van der Waals surface area contributed by atoms with Gasteiger partial charge in [0, 0.05) is 30.4 Å². The third kappa shape index (κ3) is 3.57. The lowest BCUT2D eigenvalue weighted by molar-refractivity contribution is -0.297. The molecule has 3 rings (SSSR count). The lowest BCUT2D eigenvalue weighted by Gasteiger charge is -2.32. The van der Waals surface area contributed by atoms with Crippen LogP contribution in [-0.4, -0.2) is 47.7 Å². The SMILES string of the molecule is CN(C)c1ccc(C(=O)N2N=C(c3ccc(Cl)cc3)C[C@]2(O)C(F)(F)F)cc1. The van der Waals surface area contributed by atoms with E-state index in [-0.39, 0.29) is 16.3 Å². The van der Waals surface area contributed by atoms with Gasteiger partial charge in [-0.15, -0.1) is 0 Å². The maximum absolute atomic E-state index is 13.6. The molecular formula is C19H17ClF3N3O2. The van der Waals surface area contributed by atoms with Crippen molar-refractivity contribution in [3.05, 3.63) is 64.7 Å². The van der Waals surface area contributed by atoms with Gasteiger partial charge in [0.1, 0.15) is 0 Å². The summed E-state index contributed by atoms with van der Waals surface area (Å²) in [5.74, 6) is -1.05. The van der Waals surface area contributed by atoms with Crippen LogP contribution in [0.4, 0.5) is 18.9 Å². The number of carbonyl (C=O) groups excluding carboxylic acids is 1. The molecular weight excluding hydrogens is 395 g/mol. The van der Waals surface area contributed by atoms with E-state index in [4.69, 9.17) is 11.6 Å². The first-order chi connectivity index (χ1) is 13.0. The van der Waals surface area contributed by atoms with Gasteiger partial charge in [0.15, 0.2) is 0 Å². The molecule has 0 saturated carbocycles. The van der Waals surface area contributed by atoms with Crippen LogP contribution in [0.5, 0.6) is 0 Å². The molecule has 2 aromatic rings. The number of alkyl halides is 3. The van der Waals surface area contributed by atoms with Crippen molar-refractivity contribution < 1.29 is 23.1 Å². The number of anilines is 1. The summed E-state index contributed by atoms with van der Waals surface area (Å²) in [6.07, 6.45) is -5.97. The Morgan fingerprint density at radius 1 is 1.14 bits per heavy atom. The van der Waals surface area contributed by atoms with Crippen molar-refractivity contribution in [1.29, 1.82) is 0 Å². The smallest absolute Gasteiger partial charge is 0.378 e. The van der Waals surface area contributed by atoms with Crippen molar-refractivity contribution in [2.24, 2.45) is 5.10 Å². The molecule has 9 heteroatoms. The molecule has 0 aliphatic carbocycles. The molecule has 0 aromatic heterocycles. The van der Waals surface area contributed by atoms with E-state index in [1.807, 2.05) is 0 Å². The van der Waals surface area contributed by atoms with Gasteiger partial charge in [-0.05, 0) is 42.0 Å². The molecule has 2 aromatic carbocycles. The lowest BCUT2D eigenvalue weighted by Crippen LogP contribution is -2.56. The van der Waals surface area contributed by atoms with Crippen LogP contribution in [0, 0.1) is 0 Å². The fourth-order valence-electron chi connectivity index (χ4n) is 2.81. The summed E-state index contributed by atoms with van der Waals surface area (Å²) in [7, 11) is 3.59. The molecule has 0 bridgehead atoms. The predicted molar refractivity (Wildman–Crippen MR) is 101 cm³/mol. The maximum Gasteiger partial charge on any atom is 0.438 e. The number of halogens is 4. The largest absolute Gasteiger partial charge is 0.438 e. The van der Waals surface area contributed by atoms with Crippen molar-refractivity contribution in [3.8, 4) is 0 Å². The summed E-state index contributed by atoms with van der Waals surface area (Å²) in [6, 6.07) is 11.9. The molecule has 0 saturated heterocycles. The Morgan fingerprint density at radius 3 is 2.21 bits per heavy atom. The molecule has 1 N–H and O–H groups in total. The Hall–Kier alpha value is -2.58. The van der Waals surface area contributed by atoms with Gasteiger partial charge in [-0.3, -0.25) is 4.79 Å². The molecule has 1 aliphatic heterocycles. The van der Waals surface area contributed by atoms with E-state index in [9.17, 15) is 23.1 Å². The van der Waals surface area contributed by atoms with Gasteiger partial charge >= 0.3 is 6.18 Å². The van der Waals surface area contributed by atoms with Gasteiger partial charge in [0.05, 0.1) is 12.1 Å². The molecule has 5 nitrogen and oxygen atoms in total. The second-order valence-electron chi connectivity index (χ2n) is 6.60. The molecule has 28 heavy (non-hydrogen) atoms. The highest BCUT2D eigenvalue weighted by Crippen LogP contribution is 2.42. The first kappa shape index (κ1) is 20.2. The van der Waals surface area contributed by atoms with Crippen LogP contribution in [0.2, 0.25) is 5.02 Å². The summed E-state index contributed by atoms with van der Waals surface area (Å²) in [5, 5.41) is 14.7. The third-order valence-electron chi connectivity index (χ3n) is 4.44. The minimum atomic E-state index is -5.09. The number of aliphatic hydroxyl groups is 1. The van der Waals surface area contributed by atoms with Gasteiger partial charge in [-0.2, -0.15) is 23.3 Å². The van der Waals surface area contributed by atoms with Crippen LogP contribution in [0.3, 0.4) is 0 Å². The number of benzene rings is 2. The summed E-state index contributed by atoms with van der Waals surface area (Å²) in [4.78, 5) is 14.5. The highest BCUT2D eigenvalue weighted by molar-refractivity contribution is 6.30. The Balaban J connectivity index is 2.00. The van der Waals surface area contributed by atoms with E-state index in [0.29, 0.717) is 10.6 Å². The van der Waals surface area contributed by atoms with Crippen LogP contribution in [0.1, 0.15) is 22.3 Å². The van der Waals surface area contributed by atoms with Crippen LogP contribution in [-0.2, 0) is 0 Å². The second-order valence-corrected chi connectivity index (χ2v) is 7.04. The average molecular weight is 412 g/mol. The Kier molecular flexibility index (Phi) is 5.12. The van der Waals surface area contributed by atoms with Crippen molar-refractivity contribution in [2.75, 3.05) is 19.0 Å². The Morgan fingerprint density at radius 2 is 1.71 bits per heavy atom. The number of hydrogen-bond acceptors (Lipinski definition) is 4.